The van der Waals surface area contributed by atoms with Crippen molar-refractivity contribution in [3.05, 3.63) is 10.3 Å². The maximum Gasteiger partial charge on any atom is 0.248 e. The van der Waals surface area contributed by atoms with Crippen LogP contribution < -0.4 is 11.3 Å². The SMILES string of the molecule is Cn1nnc(Br)c1C(NN)C1CCC(F)(F)CC1. The molecule has 1 aromatic heterocycles. The van der Waals surface area contributed by atoms with Gasteiger partial charge in [-0.3, -0.25) is 11.3 Å². The Balaban J connectivity index is 2.15. The van der Waals surface area contributed by atoms with Gasteiger partial charge >= 0.3 is 0 Å². The van der Waals surface area contributed by atoms with Crippen molar-refractivity contribution in [2.45, 2.75) is 37.6 Å². The number of alkyl halides is 2. The number of halogens is 3. The smallest absolute Gasteiger partial charge is 0.248 e. The van der Waals surface area contributed by atoms with Crippen molar-refractivity contribution in [2.24, 2.45) is 18.8 Å². The average molecular weight is 324 g/mol. The van der Waals surface area contributed by atoms with Crippen LogP contribution in [0.4, 0.5) is 8.78 Å². The van der Waals surface area contributed by atoms with E-state index in [2.05, 4.69) is 31.7 Å². The Labute approximate surface area is 112 Å². The zero-order valence-corrected chi connectivity index (χ0v) is 11.6. The monoisotopic (exact) mass is 323 g/mol. The summed E-state index contributed by atoms with van der Waals surface area (Å²) in [5.41, 5.74) is 3.51. The first-order valence-corrected chi connectivity index (χ1v) is 6.63. The topological polar surface area (TPSA) is 68.8 Å². The molecule has 0 saturated heterocycles. The van der Waals surface area contributed by atoms with Crippen LogP contribution in [-0.2, 0) is 7.05 Å². The second-order valence-electron chi connectivity index (χ2n) is 4.73. The van der Waals surface area contributed by atoms with E-state index in [1.165, 1.54) is 0 Å². The molecule has 0 aromatic carbocycles. The zero-order valence-electron chi connectivity index (χ0n) is 10.0. The Bertz CT molecular complexity index is 393. The van der Waals surface area contributed by atoms with Crippen LogP contribution in [0.5, 0.6) is 0 Å². The fourth-order valence-electron chi connectivity index (χ4n) is 2.50. The molecule has 18 heavy (non-hydrogen) atoms. The first-order valence-electron chi connectivity index (χ1n) is 5.83. The second-order valence-corrected chi connectivity index (χ2v) is 5.48. The molecule has 0 spiro atoms. The Hall–Kier alpha value is -0.600. The van der Waals surface area contributed by atoms with Gasteiger partial charge in [-0.1, -0.05) is 5.21 Å². The minimum absolute atomic E-state index is 0.0723. The van der Waals surface area contributed by atoms with Gasteiger partial charge in [-0.15, -0.1) is 5.10 Å². The maximum atomic E-state index is 13.2. The standard InChI is InChI=1S/C10H16BrF2N5/c1-18-8(9(11)16-17-18)7(15-14)6-2-4-10(12,13)5-3-6/h6-7,15H,2-5,14H2,1H3. The largest absolute Gasteiger partial charge is 0.271 e. The lowest BCUT2D eigenvalue weighted by Gasteiger charge is -2.33. The molecular weight excluding hydrogens is 308 g/mol. The number of aromatic nitrogens is 3. The summed E-state index contributed by atoms with van der Waals surface area (Å²) < 4.78 is 28.5. The lowest BCUT2D eigenvalue weighted by Crippen LogP contribution is -2.38. The number of hydrogen-bond donors (Lipinski definition) is 2. The van der Waals surface area contributed by atoms with Crippen molar-refractivity contribution in [3.8, 4) is 0 Å². The van der Waals surface area contributed by atoms with Gasteiger partial charge in [-0.25, -0.2) is 13.5 Å². The number of aryl methyl sites for hydroxylation is 1. The number of nitrogens with zero attached hydrogens (tertiary/aromatic N) is 3. The quantitative estimate of drug-likeness (QED) is 0.658. The molecule has 1 aromatic rings. The van der Waals surface area contributed by atoms with Crippen molar-refractivity contribution < 1.29 is 8.78 Å². The van der Waals surface area contributed by atoms with E-state index in [-0.39, 0.29) is 24.8 Å². The predicted molar refractivity (Wildman–Crippen MR) is 65.7 cm³/mol. The Morgan fingerprint density at radius 3 is 2.56 bits per heavy atom. The molecule has 1 saturated carbocycles. The van der Waals surface area contributed by atoms with Gasteiger partial charge in [-0.05, 0) is 34.7 Å². The summed E-state index contributed by atoms with van der Waals surface area (Å²) in [4.78, 5) is 0. The van der Waals surface area contributed by atoms with Gasteiger partial charge in [0, 0.05) is 19.9 Å². The molecule has 1 aliphatic rings. The van der Waals surface area contributed by atoms with Crippen molar-refractivity contribution in [3.63, 3.8) is 0 Å². The average Bonchev–Trinajstić information content (AvgIpc) is 2.64. The van der Waals surface area contributed by atoms with Crippen LogP contribution in [0.15, 0.2) is 4.60 Å². The summed E-state index contributed by atoms with van der Waals surface area (Å²) in [5, 5.41) is 7.78. The van der Waals surface area contributed by atoms with E-state index in [1.807, 2.05) is 0 Å². The normalized spacial score (nSPS) is 22.1. The maximum absolute atomic E-state index is 13.2. The molecule has 0 radical (unpaired) electrons. The molecule has 0 amide bonds. The third kappa shape index (κ3) is 2.70. The molecule has 1 unspecified atom stereocenters. The fourth-order valence-corrected chi connectivity index (χ4v) is 3.08. The van der Waals surface area contributed by atoms with E-state index in [1.54, 1.807) is 11.7 Å². The molecule has 8 heteroatoms. The summed E-state index contributed by atoms with van der Waals surface area (Å²) in [5.74, 6) is 3.12. The highest BCUT2D eigenvalue weighted by atomic mass is 79.9. The zero-order chi connectivity index (χ0) is 13.3. The van der Waals surface area contributed by atoms with Gasteiger partial charge in [-0.2, -0.15) is 0 Å². The molecule has 2 rings (SSSR count). The molecular formula is C10H16BrF2N5. The van der Waals surface area contributed by atoms with Gasteiger partial charge in [0.15, 0.2) is 4.60 Å². The van der Waals surface area contributed by atoms with Crippen molar-refractivity contribution >= 4 is 15.9 Å². The predicted octanol–water partition coefficient (Wildman–Crippen LogP) is 1.91. The molecule has 1 aliphatic carbocycles. The molecule has 3 N–H and O–H groups in total. The Morgan fingerprint density at radius 1 is 1.50 bits per heavy atom. The van der Waals surface area contributed by atoms with Gasteiger partial charge in [0.25, 0.3) is 0 Å². The molecule has 0 aliphatic heterocycles. The first-order chi connectivity index (χ1) is 8.44. The summed E-state index contributed by atoms with van der Waals surface area (Å²) in [7, 11) is 1.76. The Morgan fingerprint density at radius 2 is 2.11 bits per heavy atom. The molecule has 102 valence electrons. The van der Waals surface area contributed by atoms with Crippen molar-refractivity contribution in [1.82, 2.24) is 20.4 Å². The van der Waals surface area contributed by atoms with Crippen LogP contribution in [0.25, 0.3) is 0 Å². The van der Waals surface area contributed by atoms with Gasteiger partial charge in [0.1, 0.15) is 0 Å². The minimum Gasteiger partial charge on any atom is -0.271 e. The van der Waals surface area contributed by atoms with Crippen LogP contribution in [0.3, 0.4) is 0 Å². The lowest BCUT2D eigenvalue weighted by molar-refractivity contribution is -0.0500. The number of hydrogen-bond acceptors (Lipinski definition) is 4. The van der Waals surface area contributed by atoms with E-state index in [4.69, 9.17) is 5.84 Å². The van der Waals surface area contributed by atoms with E-state index in [0.29, 0.717) is 17.4 Å². The van der Waals surface area contributed by atoms with Gasteiger partial charge in [0.05, 0.1) is 11.7 Å². The molecule has 1 fully saturated rings. The first kappa shape index (κ1) is 13.8. The third-order valence-electron chi connectivity index (χ3n) is 3.53. The van der Waals surface area contributed by atoms with E-state index < -0.39 is 5.92 Å². The highest BCUT2D eigenvalue weighted by Gasteiger charge is 2.39. The second kappa shape index (κ2) is 5.18. The molecule has 0 bridgehead atoms. The number of nitrogens with two attached hydrogens (primary N) is 1. The van der Waals surface area contributed by atoms with Crippen LogP contribution in [-0.4, -0.2) is 20.9 Å². The molecule has 1 atom stereocenters. The summed E-state index contributed by atoms with van der Waals surface area (Å²) in [6.07, 6.45) is 0.719. The number of hydrazine groups is 1. The van der Waals surface area contributed by atoms with Crippen LogP contribution >= 0.6 is 15.9 Å². The number of rotatable bonds is 3. The van der Waals surface area contributed by atoms with E-state index in [9.17, 15) is 8.78 Å². The Kier molecular flexibility index (Phi) is 3.98. The van der Waals surface area contributed by atoms with E-state index >= 15 is 0 Å². The fraction of sp³-hybridized carbons (Fsp3) is 0.800. The molecule has 1 heterocycles. The summed E-state index contributed by atoms with van der Waals surface area (Å²) in [6.45, 7) is 0. The van der Waals surface area contributed by atoms with Crippen molar-refractivity contribution in [1.29, 1.82) is 0 Å². The number of nitrogens with one attached hydrogen (secondary N) is 1. The summed E-state index contributed by atoms with van der Waals surface area (Å²) in [6, 6.07) is -0.213. The van der Waals surface area contributed by atoms with Gasteiger partial charge < -0.3 is 0 Å². The highest BCUT2D eigenvalue weighted by Crippen LogP contribution is 2.41. The van der Waals surface area contributed by atoms with Gasteiger partial charge in [0.2, 0.25) is 5.92 Å². The van der Waals surface area contributed by atoms with Crippen molar-refractivity contribution in [2.75, 3.05) is 0 Å². The highest BCUT2D eigenvalue weighted by molar-refractivity contribution is 9.10. The lowest BCUT2D eigenvalue weighted by atomic mass is 9.81. The summed E-state index contributed by atoms with van der Waals surface area (Å²) >= 11 is 3.31. The molecule has 5 nitrogen and oxygen atoms in total. The van der Waals surface area contributed by atoms with Crippen LogP contribution in [0, 0.1) is 5.92 Å². The minimum atomic E-state index is -2.53. The van der Waals surface area contributed by atoms with Crippen LogP contribution in [0.1, 0.15) is 37.4 Å². The third-order valence-corrected chi connectivity index (χ3v) is 4.10. The van der Waals surface area contributed by atoms with Crippen LogP contribution in [0.2, 0.25) is 0 Å². The van der Waals surface area contributed by atoms with E-state index in [0.717, 1.165) is 5.69 Å².